The van der Waals surface area contributed by atoms with Crippen LogP contribution >= 0.6 is 15.9 Å². The molecule has 0 radical (unpaired) electrons. The third kappa shape index (κ3) is 4.16. The minimum absolute atomic E-state index is 0.0108. The van der Waals surface area contributed by atoms with Crippen LogP contribution in [-0.4, -0.2) is 44.1 Å². The van der Waals surface area contributed by atoms with Gasteiger partial charge in [0.15, 0.2) is 0 Å². The molecule has 8 heteroatoms. The molecule has 1 aliphatic carbocycles. The maximum absolute atomic E-state index is 12.8. The first-order valence-corrected chi connectivity index (χ1v) is 9.52. The molecule has 1 aromatic carbocycles. The number of halogens is 1. The molecular weight excluding hydrogens is 410 g/mol. The molecule has 3 aromatic rings. The molecule has 0 unspecified atom stereocenters. The summed E-state index contributed by atoms with van der Waals surface area (Å²) in [7, 11) is 0. The molecule has 27 heavy (non-hydrogen) atoms. The summed E-state index contributed by atoms with van der Waals surface area (Å²) in [5.41, 5.74) is 0.907. The van der Waals surface area contributed by atoms with Gasteiger partial charge in [-0.05, 0) is 47.0 Å². The Bertz CT molecular complexity index is 998. The highest BCUT2D eigenvalue weighted by Crippen LogP contribution is 2.27. The number of benzene rings is 1. The van der Waals surface area contributed by atoms with Gasteiger partial charge in [-0.1, -0.05) is 24.3 Å². The van der Waals surface area contributed by atoms with E-state index in [4.69, 9.17) is 0 Å². The zero-order valence-corrected chi connectivity index (χ0v) is 16.1. The van der Waals surface area contributed by atoms with Crippen LogP contribution in [-0.2, 0) is 16.1 Å². The predicted octanol–water partition coefficient (Wildman–Crippen LogP) is 2.82. The molecule has 1 N–H and O–H groups in total. The largest absolute Gasteiger partial charge is 0.329 e. The van der Waals surface area contributed by atoms with Crippen LogP contribution in [0.15, 0.2) is 53.3 Å². The lowest BCUT2D eigenvalue weighted by atomic mass is 10.2. The van der Waals surface area contributed by atoms with E-state index in [0.29, 0.717) is 10.4 Å². The number of carbonyl (C=O) groups is 2. The summed E-state index contributed by atoms with van der Waals surface area (Å²) in [5, 5.41) is 8.04. The Kier molecular flexibility index (Phi) is 4.89. The van der Waals surface area contributed by atoms with Crippen LogP contribution < -0.4 is 5.32 Å². The first kappa shape index (κ1) is 17.7. The molecule has 2 amide bonds. The van der Waals surface area contributed by atoms with Gasteiger partial charge in [0.25, 0.3) is 0 Å². The topological polar surface area (TPSA) is 80.1 Å². The van der Waals surface area contributed by atoms with Gasteiger partial charge >= 0.3 is 0 Å². The van der Waals surface area contributed by atoms with Crippen molar-refractivity contribution in [3.05, 3.63) is 53.3 Å². The average Bonchev–Trinajstić information content (AvgIpc) is 3.41. The van der Waals surface area contributed by atoms with Crippen molar-refractivity contribution in [1.82, 2.24) is 19.7 Å². The van der Waals surface area contributed by atoms with Gasteiger partial charge < -0.3 is 10.2 Å². The highest BCUT2D eigenvalue weighted by atomic mass is 79.9. The van der Waals surface area contributed by atoms with Crippen molar-refractivity contribution in [3.63, 3.8) is 0 Å². The molecule has 0 spiro atoms. The van der Waals surface area contributed by atoms with E-state index in [9.17, 15) is 9.59 Å². The number of amides is 2. The fraction of sp³-hybridized carbons (Fsp3) is 0.263. The Hall–Kier alpha value is -2.74. The van der Waals surface area contributed by atoms with E-state index in [2.05, 4.69) is 31.3 Å². The first-order valence-electron chi connectivity index (χ1n) is 8.72. The lowest BCUT2D eigenvalue weighted by molar-refractivity contribution is -0.135. The van der Waals surface area contributed by atoms with E-state index < -0.39 is 0 Å². The van der Waals surface area contributed by atoms with Crippen LogP contribution in [0.25, 0.3) is 10.9 Å². The number of carbonyl (C=O) groups excluding carboxylic acids is 2. The Morgan fingerprint density at radius 1 is 1.19 bits per heavy atom. The van der Waals surface area contributed by atoms with E-state index in [1.807, 2.05) is 24.3 Å². The molecule has 1 fully saturated rings. The molecule has 2 aromatic heterocycles. The second kappa shape index (κ2) is 7.48. The van der Waals surface area contributed by atoms with Gasteiger partial charge in [-0.25, -0.2) is 4.98 Å². The zero-order valence-electron chi connectivity index (χ0n) is 14.5. The van der Waals surface area contributed by atoms with Crippen LogP contribution in [0.4, 0.5) is 5.82 Å². The van der Waals surface area contributed by atoms with Gasteiger partial charge in [0.2, 0.25) is 11.8 Å². The highest BCUT2D eigenvalue weighted by molar-refractivity contribution is 9.10. The summed E-state index contributed by atoms with van der Waals surface area (Å²) in [5.74, 6) is 0.0884. The van der Waals surface area contributed by atoms with Crippen molar-refractivity contribution >= 4 is 44.5 Å². The molecule has 138 valence electrons. The number of anilines is 1. The summed E-state index contributed by atoms with van der Waals surface area (Å²) in [4.78, 5) is 31.1. The number of para-hydroxylation sites is 1. The maximum Gasteiger partial charge on any atom is 0.245 e. The van der Waals surface area contributed by atoms with Crippen LogP contribution in [0.3, 0.4) is 0 Å². The zero-order chi connectivity index (χ0) is 18.8. The fourth-order valence-electron chi connectivity index (χ4n) is 2.99. The average molecular weight is 428 g/mol. The quantitative estimate of drug-likeness (QED) is 0.613. The summed E-state index contributed by atoms with van der Waals surface area (Å²) in [6, 6.07) is 13.2. The maximum atomic E-state index is 12.8. The summed E-state index contributed by atoms with van der Waals surface area (Å²) in [6.07, 6.45) is 3.59. The van der Waals surface area contributed by atoms with E-state index in [1.54, 1.807) is 34.0 Å². The minimum Gasteiger partial charge on any atom is -0.329 e. The number of pyridine rings is 1. The molecule has 0 atom stereocenters. The molecule has 0 saturated heterocycles. The van der Waals surface area contributed by atoms with Crippen LogP contribution in [0.5, 0.6) is 0 Å². The third-order valence-electron chi connectivity index (χ3n) is 4.44. The van der Waals surface area contributed by atoms with Gasteiger partial charge in [0.05, 0.1) is 11.7 Å². The van der Waals surface area contributed by atoms with Crippen molar-refractivity contribution in [2.24, 2.45) is 0 Å². The number of hydrogen-bond donors (Lipinski definition) is 1. The Labute approximate surface area is 164 Å². The number of rotatable bonds is 6. The second-order valence-corrected chi connectivity index (χ2v) is 7.32. The number of nitrogens with one attached hydrogen (secondary N) is 1. The molecule has 1 aliphatic rings. The van der Waals surface area contributed by atoms with Crippen LogP contribution in [0.1, 0.15) is 12.8 Å². The van der Waals surface area contributed by atoms with Crippen LogP contribution in [0, 0.1) is 0 Å². The van der Waals surface area contributed by atoms with Crippen molar-refractivity contribution in [2.75, 3.05) is 11.9 Å². The van der Waals surface area contributed by atoms with Gasteiger partial charge in [0.1, 0.15) is 23.5 Å². The van der Waals surface area contributed by atoms with Gasteiger partial charge in [0, 0.05) is 11.4 Å². The Morgan fingerprint density at radius 2 is 2.00 bits per heavy atom. The van der Waals surface area contributed by atoms with E-state index in [-0.39, 0.29) is 30.9 Å². The third-order valence-corrected chi connectivity index (χ3v) is 4.88. The van der Waals surface area contributed by atoms with Gasteiger partial charge in [-0.2, -0.15) is 5.10 Å². The SMILES string of the molecule is O=C(CN(C(=O)Cn1ncc2ccccc21)C1CC1)Nc1cccc(Br)n1. The first-order chi connectivity index (χ1) is 13.1. The Balaban J connectivity index is 1.44. The number of hydrogen-bond acceptors (Lipinski definition) is 4. The predicted molar refractivity (Wildman–Crippen MR) is 105 cm³/mol. The molecule has 4 rings (SSSR count). The van der Waals surface area contributed by atoms with Gasteiger partial charge in [-0.15, -0.1) is 0 Å². The van der Waals surface area contributed by atoms with Crippen molar-refractivity contribution < 1.29 is 9.59 Å². The Morgan fingerprint density at radius 3 is 2.78 bits per heavy atom. The fourth-order valence-corrected chi connectivity index (χ4v) is 3.34. The molecule has 1 saturated carbocycles. The van der Waals surface area contributed by atoms with E-state index in [0.717, 1.165) is 23.7 Å². The lowest BCUT2D eigenvalue weighted by Crippen LogP contribution is -2.41. The van der Waals surface area contributed by atoms with Crippen molar-refractivity contribution in [2.45, 2.75) is 25.4 Å². The molecule has 0 aliphatic heterocycles. The number of fused-ring (bicyclic) bond motifs is 1. The van der Waals surface area contributed by atoms with E-state index >= 15 is 0 Å². The van der Waals surface area contributed by atoms with Crippen molar-refractivity contribution in [1.29, 1.82) is 0 Å². The lowest BCUT2D eigenvalue weighted by Gasteiger charge is -2.22. The molecule has 2 heterocycles. The summed E-state index contributed by atoms with van der Waals surface area (Å²) in [6.45, 7) is 0.128. The minimum atomic E-state index is -0.258. The normalized spacial score (nSPS) is 13.5. The number of nitrogens with zero attached hydrogens (tertiary/aromatic N) is 4. The van der Waals surface area contributed by atoms with Crippen LogP contribution in [0.2, 0.25) is 0 Å². The van der Waals surface area contributed by atoms with E-state index in [1.165, 1.54) is 0 Å². The molecule has 7 nitrogen and oxygen atoms in total. The smallest absolute Gasteiger partial charge is 0.245 e. The number of aromatic nitrogens is 3. The summed E-state index contributed by atoms with van der Waals surface area (Å²) < 4.78 is 2.32. The monoisotopic (exact) mass is 427 g/mol. The standard InChI is InChI=1S/C19H18BrN5O2/c20-16-6-3-7-17(22-16)23-18(26)11-24(14-8-9-14)19(27)12-25-15-5-2-1-4-13(15)10-21-25/h1-7,10,14H,8-9,11-12H2,(H,22,23,26). The molecular formula is C19H18BrN5O2. The highest BCUT2D eigenvalue weighted by Gasteiger charge is 2.34. The summed E-state index contributed by atoms with van der Waals surface area (Å²) >= 11 is 3.28. The van der Waals surface area contributed by atoms with Crippen molar-refractivity contribution in [3.8, 4) is 0 Å². The molecule has 0 bridgehead atoms. The second-order valence-electron chi connectivity index (χ2n) is 6.51. The van der Waals surface area contributed by atoms with Gasteiger partial charge in [-0.3, -0.25) is 14.3 Å².